The van der Waals surface area contributed by atoms with Gasteiger partial charge in [0.2, 0.25) is 41.3 Å². The summed E-state index contributed by atoms with van der Waals surface area (Å²) in [5.74, 6) is -19.6. The van der Waals surface area contributed by atoms with Gasteiger partial charge in [-0.05, 0) is 59.7 Å². The number of benzene rings is 5. The molecule has 2 fully saturated rings. The Morgan fingerprint density at radius 3 is 1.32 bits per heavy atom. The van der Waals surface area contributed by atoms with Gasteiger partial charge in [-0.2, -0.15) is 0 Å². The Balaban J connectivity index is 1.01. The largest absolute Gasteiger partial charge is 0.504 e. The van der Waals surface area contributed by atoms with Crippen molar-refractivity contribution in [2.45, 2.75) is 74.6 Å². The number of aliphatic hydroxyl groups is 7. The first-order valence-electron chi connectivity index (χ1n) is 22.0. The minimum absolute atomic E-state index is 0.110. The Labute approximate surface area is 428 Å². The summed E-state index contributed by atoms with van der Waals surface area (Å²) >= 11 is 0. The van der Waals surface area contributed by atoms with E-state index in [-0.39, 0.29) is 11.1 Å². The van der Waals surface area contributed by atoms with Gasteiger partial charge in [0.25, 0.3) is 0 Å². The third-order valence-corrected chi connectivity index (χ3v) is 11.6. The molecule has 2 saturated heterocycles. The number of aliphatic hydroxyl groups excluding tert-OH is 7. The number of carbonyl (C=O) groups is 3. The van der Waals surface area contributed by atoms with Crippen LogP contribution in [0.25, 0.3) is 0 Å². The van der Waals surface area contributed by atoms with Gasteiger partial charge in [-0.15, -0.1) is 0 Å². The van der Waals surface area contributed by atoms with E-state index in [4.69, 9.17) is 37.9 Å². The monoisotopic (exact) mass is 1090 g/mol. The van der Waals surface area contributed by atoms with Gasteiger partial charge in [0.15, 0.2) is 63.2 Å². The fourth-order valence-electron chi connectivity index (χ4n) is 7.47. The maximum Gasteiger partial charge on any atom is 0.342 e. The molecular formula is C47H46O30. The van der Waals surface area contributed by atoms with Gasteiger partial charge < -0.3 is 135 Å². The fourth-order valence-corrected chi connectivity index (χ4v) is 7.47. The topological polar surface area (TPSA) is 509 Å². The molecule has 414 valence electrons. The Bertz CT molecular complexity index is 2980. The summed E-state index contributed by atoms with van der Waals surface area (Å²) in [4.78, 5) is 39.2. The van der Waals surface area contributed by atoms with Crippen LogP contribution in [0.3, 0.4) is 0 Å². The number of hydrogen-bond acceptors (Lipinski definition) is 30. The number of rotatable bonds is 16. The molecule has 7 rings (SSSR count). The van der Waals surface area contributed by atoms with Crippen molar-refractivity contribution in [1.29, 1.82) is 0 Å². The first kappa shape index (κ1) is 55.9. The van der Waals surface area contributed by atoms with Crippen LogP contribution < -0.4 is 14.2 Å². The van der Waals surface area contributed by atoms with E-state index >= 15 is 0 Å². The van der Waals surface area contributed by atoms with Crippen molar-refractivity contribution in [3.05, 3.63) is 82.4 Å². The fraction of sp³-hybridized carbons (Fsp3) is 0.298. The zero-order chi connectivity index (χ0) is 56.5. The van der Waals surface area contributed by atoms with E-state index in [2.05, 4.69) is 0 Å². The van der Waals surface area contributed by atoms with Crippen LogP contribution >= 0.6 is 0 Å². The lowest BCUT2D eigenvalue weighted by molar-refractivity contribution is -0.277. The lowest BCUT2D eigenvalue weighted by Crippen LogP contribution is -2.60. The van der Waals surface area contributed by atoms with Gasteiger partial charge in [-0.25, -0.2) is 14.4 Å². The van der Waals surface area contributed by atoms with Crippen molar-refractivity contribution in [1.82, 2.24) is 0 Å². The molecule has 2 heterocycles. The minimum Gasteiger partial charge on any atom is -0.504 e. The molecule has 5 aromatic rings. The number of phenols is 12. The molecule has 2 aliphatic rings. The van der Waals surface area contributed by atoms with Crippen LogP contribution in [-0.2, 0) is 36.9 Å². The van der Waals surface area contributed by atoms with E-state index in [1.54, 1.807) is 0 Å². The Morgan fingerprint density at radius 2 is 0.831 bits per heavy atom. The lowest BCUT2D eigenvalue weighted by atomic mass is 9.99. The molecule has 30 heteroatoms. The molecule has 10 atom stereocenters. The minimum atomic E-state index is -2.08. The van der Waals surface area contributed by atoms with Crippen molar-refractivity contribution in [2.24, 2.45) is 0 Å². The van der Waals surface area contributed by atoms with Gasteiger partial charge in [-0.3, -0.25) is 0 Å². The van der Waals surface area contributed by atoms with E-state index in [1.165, 1.54) is 0 Å². The summed E-state index contributed by atoms with van der Waals surface area (Å²) in [5, 5.41) is 196. The summed E-state index contributed by atoms with van der Waals surface area (Å²) in [6.45, 7) is -3.26. The summed E-state index contributed by atoms with van der Waals surface area (Å²) in [6, 6.07) is 6.96. The van der Waals surface area contributed by atoms with Crippen LogP contribution in [0.15, 0.2) is 54.6 Å². The number of phenolic OH excluding ortho intramolecular Hbond substituents is 12. The zero-order valence-electron chi connectivity index (χ0n) is 38.8. The molecule has 30 nitrogen and oxygen atoms in total. The van der Waals surface area contributed by atoms with E-state index in [9.17, 15) is 111 Å². The van der Waals surface area contributed by atoms with Crippen molar-refractivity contribution in [3.63, 3.8) is 0 Å². The van der Waals surface area contributed by atoms with Crippen molar-refractivity contribution >= 4 is 17.9 Å². The average molecular weight is 1090 g/mol. The summed E-state index contributed by atoms with van der Waals surface area (Å²) < 4.78 is 42.2. The molecule has 0 saturated carbocycles. The first-order valence-corrected chi connectivity index (χ1v) is 22.0. The second-order valence-electron chi connectivity index (χ2n) is 16.9. The molecule has 0 aliphatic carbocycles. The molecule has 2 aliphatic heterocycles. The number of hydrogen-bond donors (Lipinski definition) is 19. The van der Waals surface area contributed by atoms with E-state index < -0.39 is 214 Å². The average Bonchev–Trinajstić information content (AvgIpc) is 3.38. The predicted octanol–water partition coefficient (Wildman–Crippen LogP) is -1.12. The molecule has 5 aromatic carbocycles. The highest BCUT2D eigenvalue weighted by Crippen LogP contribution is 2.50. The van der Waals surface area contributed by atoms with Gasteiger partial charge in [0.1, 0.15) is 74.2 Å². The molecule has 19 N–H and O–H groups in total. The first-order chi connectivity index (χ1) is 36.3. The quantitative estimate of drug-likeness (QED) is 0.0316. The van der Waals surface area contributed by atoms with Crippen molar-refractivity contribution in [3.8, 4) is 92.0 Å². The third-order valence-electron chi connectivity index (χ3n) is 11.6. The van der Waals surface area contributed by atoms with Crippen molar-refractivity contribution in [2.75, 3.05) is 13.2 Å². The normalized spacial score (nSPS) is 23.1. The second kappa shape index (κ2) is 22.6. The van der Waals surface area contributed by atoms with Gasteiger partial charge in [-0.1, -0.05) is 0 Å². The predicted molar refractivity (Wildman–Crippen MR) is 242 cm³/mol. The molecular weight excluding hydrogens is 1040 g/mol. The van der Waals surface area contributed by atoms with Gasteiger partial charge in [0, 0.05) is 6.07 Å². The lowest BCUT2D eigenvalue weighted by Gasteiger charge is -2.40. The Morgan fingerprint density at radius 1 is 0.416 bits per heavy atom. The van der Waals surface area contributed by atoms with Crippen LogP contribution in [0.5, 0.6) is 92.0 Å². The SMILES string of the molecule is O=C(OCc1cc(O)c(OC2OC(CO)C(O)C(O)C2O)c(O)c1)c1cc(O)c(O)c(Oc2c(C(=O)OCc3cc(O)c(OC4OC(COC(=O)c5cc(O)c(O)c(O)c5)C(O)C(O)C4O)c(O)c3)cc(O)c(O)c2O)c1. The standard InChI is InChI=1S/C47H46O30/c48-10-28-33(60)35(62)38(65)46(74-28)76-41-23(53)1-14(2-24(41)54)11-70-44(68)17-7-21(51)31(58)27(8-17)73-40-18(9-22(52)32(59)37(40)64)45(69)71-12-15-3-25(55)42(26(56)4-15)77-47-39(66)36(63)34(61)29(75-47)13-72-43(67)16-5-19(49)30(57)20(50)6-16/h1-9,28-29,33-36,38-39,46-66H,10-13H2. The Kier molecular flexibility index (Phi) is 16.4. The molecule has 0 radical (unpaired) electrons. The number of carbonyl (C=O) groups excluding carboxylic acids is 3. The second-order valence-corrected chi connectivity index (χ2v) is 16.9. The molecule has 0 spiro atoms. The summed E-state index contributed by atoms with van der Waals surface area (Å²) in [7, 11) is 0. The zero-order valence-corrected chi connectivity index (χ0v) is 38.8. The van der Waals surface area contributed by atoms with E-state index in [1.807, 2.05) is 0 Å². The summed E-state index contributed by atoms with van der Waals surface area (Å²) in [6.07, 6.45) is -18.4. The smallest absolute Gasteiger partial charge is 0.342 e. The molecule has 10 unspecified atom stereocenters. The Hall–Kier alpha value is -8.85. The molecule has 77 heavy (non-hydrogen) atoms. The van der Waals surface area contributed by atoms with Crippen LogP contribution in [-0.4, -0.2) is 190 Å². The van der Waals surface area contributed by atoms with E-state index in [0.29, 0.717) is 18.2 Å². The van der Waals surface area contributed by atoms with Crippen LogP contribution in [0, 0.1) is 0 Å². The maximum atomic E-state index is 13.5. The van der Waals surface area contributed by atoms with Gasteiger partial charge >= 0.3 is 17.9 Å². The van der Waals surface area contributed by atoms with E-state index in [0.717, 1.165) is 36.4 Å². The third kappa shape index (κ3) is 11.7. The summed E-state index contributed by atoms with van der Waals surface area (Å²) in [5.41, 5.74) is -2.29. The number of ether oxygens (including phenoxy) is 8. The van der Waals surface area contributed by atoms with Crippen LogP contribution in [0.2, 0.25) is 0 Å². The molecule has 0 amide bonds. The highest BCUT2D eigenvalue weighted by Gasteiger charge is 2.47. The van der Waals surface area contributed by atoms with Crippen LogP contribution in [0.4, 0.5) is 0 Å². The number of aromatic hydroxyl groups is 12. The van der Waals surface area contributed by atoms with Crippen molar-refractivity contribution < 1.29 is 149 Å². The van der Waals surface area contributed by atoms with Crippen LogP contribution in [0.1, 0.15) is 42.2 Å². The highest BCUT2D eigenvalue weighted by molar-refractivity contribution is 5.96. The highest BCUT2D eigenvalue weighted by atomic mass is 16.7. The molecule has 0 bridgehead atoms. The number of esters is 3. The maximum absolute atomic E-state index is 13.5. The molecule has 0 aromatic heterocycles. The van der Waals surface area contributed by atoms with Gasteiger partial charge in [0.05, 0.1) is 17.7 Å².